The maximum Gasteiger partial charge on any atom is 0.303 e. The molecule has 2 heterocycles. The maximum absolute atomic E-state index is 13.1. The molecule has 19 heavy (non-hydrogen) atoms. The van der Waals surface area contributed by atoms with Crippen LogP contribution in [0.15, 0.2) is 12.3 Å². The van der Waals surface area contributed by atoms with Gasteiger partial charge in [-0.05, 0) is 18.4 Å². The summed E-state index contributed by atoms with van der Waals surface area (Å²) in [5.74, 6) is -1.99. The third-order valence-electron chi connectivity index (χ3n) is 3.07. The molecule has 0 radical (unpaired) electrons. The molecule has 0 aromatic carbocycles. The average molecular weight is 287 g/mol. The lowest BCUT2D eigenvalue weighted by Gasteiger charge is -2.16. The van der Waals surface area contributed by atoms with E-state index in [-0.39, 0.29) is 23.1 Å². The first-order chi connectivity index (χ1) is 8.97. The third-order valence-corrected chi connectivity index (χ3v) is 3.37. The van der Waals surface area contributed by atoms with Crippen LogP contribution in [0.25, 0.3) is 0 Å². The van der Waals surface area contributed by atoms with Gasteiger partial charge in [-0.1, -0.05) is 11.6 Å². The largest absolute Gasteiger partial charge is 0.481 e. The lowest BCUT2D eigenvalue weighted by atomic mass is 10.1. The maximum atomic E-state index is 13.1. The van der Waals surface area contributed by atoms with Gasteiger partial charge in [-0.25, -0.2) is 9.37 Å². The molecule has 1 fully saturated rings. The Morgan fingerprint density at radius 1 is 1.58 bits per heavy atom. The Balaban J connectivity index is 2.09. The zero-order chi connectivity index (χ0) is 14.0. The zero-order valence-corrected chi connectivity index (χ0v) is 10.7. The number of aromatic nitrogens is 1. The van der Waals surface area contributed by atoms with Crippen molar-refractivity contribution in [3.8, 4) is 0 Å². The second-order valence-electron chi connectivity index (χ2n) is 4.50. The van der Waals surface area contributed by atoms with Crippen molar-refractivity contribution in [2.45, 2.75) is 12.8 Å². The summed E-state index contributed by atoms with van der Waals surface area (Å²) in [6.45, 7) is 0.793. The Hall–Kier alpha value is -1.69. The predicted octanol–water partition coefficient (Wildman–Crippen LogP) is 1.81. The number of likely N-dealkylation sites (tertiary alicyclic amines) is 1. The van der Waals surface area contributed by atoms with Crippen LogP contribution in [0.4, 0.5) is 4.39 Å². The highest BCUT2D eigenvalue weighted by Gasteiger charge is 2.29. The molecule has 1 saturated heterocycles. The molecule has 102 valence electrons. The number of carboxylic acid groups (broad SMARTS) is 1. The highest BCUT2D eigenvalue weighted by molar-refractivity contribution is 6.32. The number of hydrogen-bond donors (Lipinski definition) is 1. The molecule has 5 nitrogen and oxygen atoms in total. The molecular formula is C12H12ClFN2O3. The van der Waals surface area contributed by atoms with Crippen LogP contribution in [0.5, 0.6) is 0 Å². The lowest BCUT2D eigenvalue weighted by molar-refractivity contribution is -0.138. The van der Waals surface area contributed by atoms with E-state index in [9.17, 15) is 14.0 Å². The van der Waals surface area contributed by atoms with Gasteiger partial charge < -0.3 is 10.0 Å². The minimum atomic E-state index is -0.884. The lowest BCUT2D eigenvalue weighted by Crippen LogP contribution is -2.29. The van der Waals surface area contributed by atoms with E-state index in [0.29, 0.717) is 19.5 Å². The molecule has 0 aliphatic carbocycles. The predicted molar refractivity (Wildman–Crippen MR) is 65.5 cm³/mol. The molecule has 0 saturated carbocycles. The van der Waals surface area contributed by atoms with E-state index in [1.54, 1.807) is 0 Å². The highest BCUT2D eigenvalue weighted by atomic mass is 35.5. The van der Waals surface area contributed by atoms with Crippen LogP contribution in [-0.4, -0.2) is 40.0 Å². The topological polar surface area (TPSA) is 70.5 Å². The van der Waals surface area contributed by atoms with Crippen molar-refractivity contribution >= 4 is 23.5 Å². The second-order valence-corrected chi connectivity index (χ2v) is 4.85. The van der Waals surface area contributed by atoms with Crippen LogP contribution < -0.4 is 0 Å². The molecule has 1 amide bonds. The van der Waals surface area contributed by atoms with Crippen molar-refractivity contribution < 1.29 is 19.1 Å². The highest BCUT2D eigenvalue weighted by Crippen LogP contribution is 2.23. The summed E-state index contributed by atoms with van der Waals surface area (Å²) in [7, 11) is 0. The Morgan fingerprint density at radius 3 is 3.00 bits per heavy atom. The second kappa shape index (κ2) is 5.52. The van der Waals surface area contributed by atoms with Crippen LogP contribution in [0, 0.1) is 11.7 Å². The fraction of sp³-hybridized carbons (Fsp3) is 0.417. The number of rotatable bonds is 3. The molecule has 1 aromatic rings. The number of halogens is 2. The Bertz CT molecular complexity index is 524. The van der Waals surface area contributed by atoms with E-state index >= 15 is 0 Å². The van der Waals surface area contributed by atoms with Gasteiger partial charge in [-0.2, -0.15) is 0 Å². The summed E-state index contributed by atoms with van der Waals surface area (Å²) in [4.78, 5) is 27.8. The van der Waals surface area contributed by atoms with E-state index in [1.165, 1.54) is 4.90 Å². The van der Waals surface area contributed by atoms with Gasteiger partial charge in [-0.3, -0.25) is 9.59 Å². The number of carbonyl (C=O) groups excluding carboxylic acids is 1. The van der Waals surface area contributed by atoms with Crippen LogP contribution in [0.3, 0.4) is 0 Å². The van der Waals surface area contributed by atoms with E-state index in [1.807, 2.05) is 0 Å². The molecular weight excluding hydrogens is 275 g/mol. The molecule has 7 heteroatoms. The molecule has 1 aromatic heterocycles. The van der Waals surface area contributed by atoms with E-state index in [0.717, 1.165) is 12.3 Å². The number of pyridine rings is 1. The monoisotopic (exact) mass is 286 g/mol. The number of aliphatic carboxylic acids is 1. The molecule has 1 aliphatic heterocycles. The fourth-order valence-electron chi connectivity index (χ4n) is 2.17. The Morgan fingerprint density at radius 2 is 2.32 bits per heavy atom. The van der Waals surface area contributed by atoms with Gasteiger partial charge in [0.1, 0.15) is 11.0 Å². The average Bonchev–Trinajstić information content (AvgIpc) is 2.79. The number of nitrogens with zero attached hydrogens (tertiary/aromatic N) is 2. The van der Waals surface area contributed by atoms with E-state index in [2.05, 4.69) is 4.98 Å². The van der Waals surface area contributed by atoms with Crippen LogP contribution in [0.2, 0.25) is 5.15 Å². The Labute approximate surface area is 114 Å². The van der Waals surface area contributed by atoms with Crippen LogP contribution >= 0.6 is 11.6 Å². The van der Waals surface area contributed by atoms with Gasteiger partial charge in [0.2, 0.25) is 0 Å². The fourth-order valence-corrected chi connectivity index (χ4v) is 2.36. The summed E-state index contributed by atoms with van der Waals surface area (Å²) in [6.07, 6.45) is 1.59. The molecule has 1 aliphatic rings. The summed E-state index contributed by atoms with van der Waals surface area (Å²) < 4.78 is 13.1. The molecule has 1 N–H and O–H groups in total. The molecule has 2 rings (SSSR count). The molecule has 1 unspecified atom stereocenters. The standard InChI is InChI=1S/C12H12ClFN2O3/c13-11-9(4-8(14)5-15-11)12(19)16-2-1-7(6-16)3-10(17)18/h4-5,7H,1-3,6H2,(H,17,18). The van der Waals surface area contributed by atoms with Gasteiger partial charge in [0.25, 0.3) is 5.91 Å². The molecule has 1 atom stereocenters. The van der Waals surface area contributed by atoms with Gasteiger partial charge in [0.15, 0.2) is 0 Å². The van der Waals surface area contributed by atoms with Gasteiger partial charge in [0, 0.05) is 19.5 Å². The quantitative estimate of drug-likeness (QED) is 0.860. The minimum Gasteiger partial charge on any atom is -0.481 e. The van der Waals surface area contributed by atoms with Crippen LogP contribution in [-0.2, 0) is 4.79 Å². The van der Waals surface area contributed by atoms with E-state index < -0.39 is 17.7 Å². The molecule has 0 spiro atoms. The van der Waals surface area contributed by atoms with E-state index in [4.69, 9.17) is 16.7 Å². The SMILES string of the molecule is O=C(O)CC1CCN(C(=O)c2cc(F)cnc2Cl)C1. The minimum absolute atomic E-state index is 0.0117. The third kappa shape index (κ3) is 3.20. The van der Waals surface area contributed by atoms with Crippen molar-refractivity contribution in [3.63, 3.8) is 0 Å². The van der Waals surface area contributed by atoms with Crippen molar-refractivity contribution in [2.24, 2.45) is 5.92 Å². The summed E-state index contributed by atoms with van der Waals surface area (Å²) >= 11 is 5.77. The summed E-state index contributed by atoms with van der Waals surface area (Å²) in [5, 5.41) is 8.66. The Kier molecular flexibility index (Phi) is 3.99. The first kappa shape index (κ1) is 13.7. The van der Waals surface area contributed by atoms with Gasteiger partial charge >= 0.3 is 5.97 Å². The number of carboxylic acids is 1. The number of amides is 1. The van der Waals surface area contributed by atoms with Crippen molar-refractivity contribution in [3.05, 3.63) is 28.8 Å². The smallest absolute Gasteiger partial charge is 0.303 e. The first-order valence-electron chi connectivity index (χ1n) is 5.79. The molecule has 0 bridgehead atoms. The zero-order valence-electron chi connectivity index (χ0n) is 9.97. The summed E-state index contributed by atoms with van der Waals surface area (Å²) in [5.41, 5.74) is 0.0117. The summed E-state index contributed by atoms with van der Waals surface area (Å²) in [6, 6.07) is 1.04. The van der Waals surface area contributed by atoms with Crippen molar-refractivity contribution in [1.82, 2.24) is 9.88 Å². The van der Waals surface area contributed by atoms with Crippen molar-refractivity contribution in [2.75, 3.05) is 13.1 Å². The van der Waals surface area contributed by atoms with Gasteiger partial charge in [-0.15, -0.1) is 0 Å². The first-order valence-corrected chi connectivity index (χ1v) is 6.17. The number of carbonyl (C=O) groups is 2. The van der Waals surface area contributed by atoms with Crippen molar-refractivity contribution in [1.29, 1.82) is 0 Å². The van der Waals surface area contributed by atoms with Gasteiger partial charge in [0.05, 0.1) is 11.8 Å². The normalized spacial score (nSPS) is 18.6. The van der Waals surface area contributed by atoms with Crippen LogP contribution in [0.1, 0.15) is 23.2 Å². The number of hydrogen-bond acceptors (Lipinski definition) is 3.